The normalized spacial score (nSPS) is 23.9. The van der Waals surface area contributed by atoms with Crippen LogP contribution in [0.25, 0.3) is 0 Å². The standard InChI is InChI=1S/C10H17F3N2O/c1-2-7-3-9(16)15(5-7)6-8(4-14)10(11,12)13/h7-8H,2-6,14H2,1H3. The van der Waals surface area contributed by atoms with E-state index >= 15 is 0 Å². The van der Waals surface area contributed by atoms with Gasteiger partial charge in [-0.1, -0.05) is 13.3 Å². The van der Waals surface area contributed by atoms with Crippen molar-refractivity contribution in [2.24, 2.45) is 17.6 Å². The summed E-state index contributed by atoms with van der Waals surface area (Å²) in [7, 11) is 0. The first-order chi connectivity index (χ1) is 7.38. The smallest absolute Gasteiger partial charge is 0.342 e. The fourth-order valence-corrected chi connectivity index (χ4v) is 1.88. The molecule has 0 saturated carbocycles. The van der Waals surface area contributed by atoms with Crippen LogP contribution in [0.15, 0.2) is 0 Å². The summed E-state index contributed by atoms with van der Waals surface area (Å²) in [5.74, 6) is -1.60. The Morgan fingerprint density at radius 3 is 2.56 bits per heavy atom. The Bertz CT molecular complexity index is 255. The molecule has 0 aromatic carbocycles. The lowest BCUT2D eigenvalue weighted by atomic mass is 10.1. The lowest BCUT2D eigenvalue weighted by Gasteiger charge is -2.24. The summed E-state index contributed by atoms with van der Waals surface area (Å²) in [6.07, 6.45) is -3.13. The minimum absolute atomic E-state index is 0.186. The number of hydrogen-bond acceptors (Lipinski definition) is 2. The summed E-state index contributed by atoms with van der Waals surface area (Å²) in [5.41, 5.74) is 5.09. The van der Waals surface area contributed by atoms with Gasteiger partial charge in [0.05, 0.1) is 5.92 Å². The third-order valence-electron chi connectivity index (χ3n) is 3.06. The summed E-state index contributed by atoms with van der Waals surface area (Å²) in [4.78, 5) is 12.7. The Kier molecular flexibility index (Phi) is 4.18. The molecule has 0 radical (unpaired) electrons. The lowest BCUT2D eigenvalue weighted by Crippen LogP contribution is -2.41. The second kappa shape index (κ2) is 5.03. The van der Waals surface area contributed by atoms with E-state index in [1.54, 1.807) is 0 Å². The van der Waals surface area contributed by atoms with E-state index in [4.69, 9.17) is 5.73 Å². The zero-order chi connectivity index (χ0) is 12.3. The topological polar surface area (TPSA) is 46.3 Å². The predicted molar refractivity (Wildman–Crippen MR) is 53.6 cm³/mol. The van der Waals surface area contributed by atoms with Crippen molar-refractivity contribution in [1.82, 2.24) is 4.90 Å². The fourth-order valence-electron chi connectivity index (χ4n) is 1.88. The molecule has 3 nitrogen and oxygen atoms in total. The molecular formula is C10H17F3N2O. The van der Waals surface area contributed by atoms with Crippen molar-refractivity contribution < 1.29 is 18.0 Å². The van der Waals surface area contributed by atoms with Crippen LogP contribution in [0.3, 0.4) is 0 Å². The van der Waals surface area contributed by atoms with E-state index in [0.717, 1.165) is 6.42 Å². The second-order valence-corrected chi connectivity index (χ2v) is 4.25. The number of carbonyl (C=O) groups excluding carboxylic acids is 1. The number of amides is 1. The van der Waals surface area contributed by atoms with E-state index in [0.29, 0.717) is 13.0 Å². The van der Waals surface area contributed by atoms with Crippen LogP contribution in [-0.2, 0) is 4.79 Å². The first kappa shape index (κ1) is 13.3. The Morgan fingerprint density at radius 1 is 1.56 bits per heavy atom. The van der Waals surface area contributed by atoms with E-state index in [9.17, 15) is 18.0 Å². The van der Waals surface area contributed by atoms with Crippen LogP contribution < -0.4 is 5.73 Å². The number of nitrogens with two attached hydrogens (primary N) is 1. The van der Waals surface area contributed by atoms with Gasteiger partial charge in [0.25, 0.3) is 0 Å². The van der Waals surface area contributed by atoms with Crippen molar-refractivity contribution in [1.29, 1.82) is 0 Å². The maximum atomic E-state index is 12.5. The van der Waals surface area contributed by atoms with Gasteiger partial charge in [-0.3, -0.25) is 4.79 Å². The van der Waals surface area contributed by atoms with Gasteiger partial charge in [-0.2, -0.15) is 13.2 Å². The van der Waals surface area contributed by atoms with Crippen LogP contribution in [0.5, 0.6) is 0 Å². The average molecular weight is 238 g/mol. The zero-order valence-electron chi connectivity index (χ0n) is 9.26. The fraction of sp³-hybridized carbons (Fsp3) is 0.900. The molecule has 6 heteroatoms. The van der Waals surface area contributed by atoms with Gasteiger partial charge in [0.1, 0.15) is 0 Å². The molecule has 2 N–H and O–H groups in total. The average Bonchev–Trinajstić information content (AvgIpc) is 2.54. The van der Waals surface area contributed by atoms with E-state index in [-0.39, 0.29) is 18.4 Å². The number of likely N-dealkylation sites (tertiary alicyclic amines) is 1. The van der Waals surface area contributed by atoms with Crippen LogP contribution >= 0.6 is 0 Å². The third-order valence-corrected chi connectivity index (χ3v) is 3.06. The van der Waals surface area contributed by atoms with E-state index < -0.39 is 18.6 Å². The summed E-state index contributed by atoms with van der Waals surface area (Å²) in [5, 5.41) is 0. The van der Waals surface area contributed by atoms with Crippen LogP contribution in [0.2, 0.25) is 0 Å². The van der Waals surface area contributed by atoms with Gasteiger partial charge in [-0.05, 0) is 5.92 Å². The first-order valence-corrected chi connectivity index (χ1v) is 5.43. The quantitative estimate of drug-likeness (QED) is 0.804. The monoisotopic (exact) mass is 238 g/mol. The number of hydrogen-bond donors (Lipinski definition) is 1. The Labute approximate surface area is 92.8 Å². The van der Waals surface area contributed by atoms with Gasteiger partial charge in [-0.25, -0.2) is 0 Å². The van der Waals surface area contributed by atoms with Gasteiger partial charge in [0.15, 0.2) is 0 Å². The molecule has 94 valence electrons. The molecule has 1 aliphatic heterocycles. The van der Waals surface area contributed by atoms with Crippen molar-refractivity contribution in [3.8, 4) is 0 Å². The zero-order valence-corrected chi connectivity index (χ0v) is 9.26. The molecule has 2 atom stereocenters. The summed E-state index contributed by atoms with van der Waals surface area (Å²) < 4.78 is 37.4. The first-order valence-electron chi connectivity index (χ1n) is 5.43. The lowest BCUT2D eigenvalue weighted by molar-refractivity contribution is -0.176. The molecule has 0 aromatic rings. The highest BCUT2D eigenvalue weighted by Gasteiger charge is 2.41. The van der Waals surface area contributed by atoms with Crippen LogP contribution in [0.4, 0.5) is 13.2 Å². The number of nitrogens with zero attached hydrogens (tertiary/aromatic N) is 1. The molecule has 2 unspecified atom stereocenters. The highest BCUT2D eigenvalue weighted by molar-refractivity contribution is 5.78. The van der Waals surface area contributed by atoms with Crippen molar-refractivity contribution in [3.05, 3.63) is 0 Å². The molecule has 1 amide bonds. The number of rotatable bonds is 4. The summed E-state index contributed by atoms with van der Waals surface area (Å²) in [6.45, 7) is 1.60. The largest absolute Gasteiger partial charge is 0.394 e. The summed E-state index contributed by atoms with van der Waals surface area (Å²) in [6, 6.07) is 0. The van der Waals surface area contributed by atoms with Crippen molar-refractivity contribution in [3.63, 3.8) is 0 Å². The van der Waals surface area contributed by atoms with E-state index in [2.05, 4.69) is 0 Å². The molecule has 0 aromatic heterocycles. The predicted octanol–water partition coefficient (Wildman–Crippen LogP) is 1.38. The molecule has 1 rings (SSSR count). The minimum Gasteiger partial charge on any atom is -0.342 e. The van der Waals surface area contributed by atoms with Crippen LogP contribution in [0, 0.1) is 11.8 Å². The van der Waals surface area contributed by atoms with E-state index in [1.807, 2.05) is 6.92 Å². The SMILES string of the molecule is CCC1CC(=O)N(CC(CN)C(F)(F)F)C1. The molecule has 1 saturated heterocycles. The van der Waals surface area contributed by atoms with E-state index in [1.165, 1.54) is 4.90 Å². The Balaban J connectivity index is 2.56. The number of halogens is 3. The van der Waals surface area contributed by atoms with Crippen molar-refractivity contribution in [2.75, 3.05) is 19.6 Å². The van der Waals surface area contributed by atoms with Crippen LogP contribution in [0.1, 0.15) is 19.8 Å². The maximum Gasteiger partial charge on any atom is 0.394 e. The summed E-state index contributed by atoms with van der Waals surface area (Å²) >= 11 is 0. The second-order valence-electron chi connectivity index (χ2n) is 4.25. The molecule has 0 bridgehead atoms. The molecule has 0 aliphatic carbocycles. The van der Waals surface area contributed by atoms with Gasteiger partial charge in [0.2, 0.25) is 5.91 Å². The van der Waals surface area contributed by atoms with Gasteiger partial charge in [0, 0.05) is 26.1 Å². The highest BCUT2D eigenvalue weighted by atomic mass is 19.4. The Hall–Kier alpha value is -0.780. The van der Waals surface area contributed by atoms with Gasteiger partial charge in [-0.15, -0.1) is 0 Å². The van der Waals surface area contributed by atoms with Crippen LogP contribution in [-0.4, -0.2) is 36.6 Å². The van der Waals surface area contributed by atoms with Crippen molar-refractivity contribution >= 4 is 5.91 Å². The molecule has 1 aliphatic rings. The Morgan fingerprint density at radius 2 is 2.19 bits per heavy atom. The number of alkyl halides is 3. The maximum absolute atomic E-state index is 12.5. The molecule has 1 heterocycles. The van der Waals surface area contributed by atoms with Gasteiger partial charge >= 0.3 is 6.18 Å². The third kappa shape index (κ3) is 3.10. The number of carbonyl (C=O) groups is 1. The molecule has 1 fully saturated rings. The molecular weight excluding hydrogens is 221 g/mol. The molecule has 0 spiro atoms. The minimum atomic E-state index is -4.32. The highest BCUT2D eigenvalue weighted by Crippen LogP contribution is 2.29. The van der Waals surface area contributed by atoms with Gasteiger partial charge < -0.3 is 10.6 Å². The molecule has 16 heavy (non-hydrogen) atoms. The van der Waals surface area contributed by atoms with Crippen molar-refractivity contribution in [2.45, 2.75) is 25.9 Å².